The van der Waals surface area contributed by atoms with E-state index < -0.39 is 6.09 Å². The number of cyclic esters (lactones) is 1. The van der Waals surface area contributed by atoms with E-state index in [1.54, 1.807) is 0 Å². The summed E-state index contributed by atoms with van der Waals surface area (Å²) in [6.45, 7) is 6.61. The van der Waals surface area contributed by atoms with E-state index in [1.165, 1.54) is 4.90 Å². The second kappa shape index (κ2) is 9.40. The van der Waals surface area contributed by atoms with Crippen molar-refractivity contribution in [2.75, 3.05) is 6.61 Å². The number of allylic oxidation sites excluding steroid dienone is 2. The zero-order valence-electron chi connectivity index (χ0n) is 15.5. The van der Waals surface area contributed by atoms with Crippen LogP contribution < -0.4 is 0 Å². The normalized spacial score (nSPS) is 18.8. The summed E-state index contributed by atoms with van der Waals surface area (Å²) in [6.07, 6.45) is 6.72. The first-order valence-corrected chi connectivity index (χ1v) is 9.21. The smallest absolute Gasteiger partial charge is 0.416 e. The predicted octanol–water partition coefficient (Wildman–Crippen LogP) is 4.60. The van der Waals surface area contributed by atoms with Crippen LogP contribution in [0.1, 0.15) is 45.6 Å². The van der Waals surface area contributed by atoms with Gasteiger partial charge in [-0.2, -0.15) is 0 Å². The van der Waals surface area contributed by atoms with Gasteiger partial charge in [-0.05, 0) is 37.2 Å². The van der Waals surface area contributed by atoms with Gasteiger partial charge in [0.2, 0.25) is 5.91 Å². The van der Waals surface area contributed by atoms with Crippen molar-refractivity contribution in [1.29, 1.82) is 0 Å². The van der Waals surface area contributed by atoms with E-state index in [0.717, 1.165) is 12.0 Å². The summed E-state index contributed by atoms with van der Waals surface area (Å²) in [5.74, 6) is 0.323. The van der Waals surface area contributed by atoms with Gasteiger partial charge < -0.3 is 4.74 Å². The lowest BCUT2D eigenvalue weighted by molar-refractivity contribution is -0.133. The van der Waals surface area contributed by atoms with Gasteiger partial charge in [0.15, 0.2) is 0 Å². The lowest BCUT2D eigenvalue weighted by atomic mass is 9.98. The molecule has 1 aromatic rings. The Bertz CT molecular complexity index is 594. The summed E-state index contributed by atoms with van der Waals surface area (Å²) < 4.78 is 5.17. The molecule has 1 aliphatic heterocycles. The molecular formula is C21H29NO3. The van der Waals surface area contributed by atoms with Gasteiger partial charge >= 0.3 is 6.09 Å². The summed E-state index contributed by atoms with van der Waals surface area (Å²) in [6, 6.07) is 9.70. The Labute approximate surface area is 150 Å². The number of amides is 2. The molecule has 1 saturated heterocycles. The quantitative estimate of drug-likeness (QED) is 0.648. The number of hydrogen-bond acceptors (Lipinski definition) is 3. The molecule has 1 aromatic carbocycles. The summed E-state index contributed by atoms with van der Waals surface area (Å²) in [5, 5.41) is 0. The lowest BCUT2D eigenvalue weighted by Gasteiger charge is -2.23. The number of hydrogen-bond donors (Lipinski definition) is 0. The molecule has 0 aliphatic carbocycles. The lowest BCUT2D eigenvalue weighted by Crippen LogP contribution is -2.43. The largest absolute Gasteiger partial charge is 0.447 e. The number of carbonyl (C=O) groups is 2. The molecule has 1 fully saturated rings. The third-order valence-corrected chi connectivity index (χ3v) is 4.55. The molecule has 0 unspecified atom stereocenters. The first-order valence-electron chi connectivity index (χ1n) is 9.21. The van der Waals surface area contributed by atoms with Crippen LogP contribution in [0.3, 0.4) is 0 Å². The molecule has 0 bridgehead atoms. The molecule has 2 amide bonds. The molecule has 2 rings (SSSR count). The van der Waals surface area contributed by atoms with Crippen molar-refractivity contribution >= 4 is 12.0 Å². The van der Waals surface area contributed by atoms with Crippen molar-refractivity contribution in [2.45, 2.75) is 52.5 Å². The van der Waals surface area contributed by atoms with Gasteiger partial charge in [0.1, 0.15) is 6.61 Å². The maximum absolute atomic E-state index is 12.9. The molecule has 4 nitrogen and oxygen atoms in total. The van der Waals surface area contributed by atoms with E-state index in [9.17, 15) is 9.59 Å². The highest BCUT2D eigenvalue weighted by Crippen LogP contribution is 2.23. The second-order valence-electron chi connectivity index (χ2n) is 7.07. The minimum Gasteiger partial charge on any atom is -0.447 e. The van der Waals surface area contributed by atoms with Crippen LogP contribution in [0.4, 0.5) is 4.79 Å². The number of rotatable bonds is 8. The first kappa shape index (κ1) is 19.2. The fourth-order valence-electron chi connectivity index (χ4n) is 3.03. The highest BCUT2D eigenvalue weighted by Gasteiger charge is 2.39. The van der Waals surface area contributed by atoms with Crippen molar-refractivity contribution in [3.8, 4) is 0 Å². The van der Waals surface area contributed by atoms with Crippen molar-refractivity contribution in [3.05, 3.63) is 48.0 Å². The number of ether oxygens (including phenoxy) is 1. The third-order valence-electron chi connectivity index (χ3n) is 4.55. The number of carbonyl (C=O) groups excluding carboxylic acids is 2. The van der Waals surface area contributed by atoms with Gasteiger partial charge in [0.05, 0.1) is 6.04 Å². The van der Waals surface area contributed by atoms with E-state index >= 15 is 0 Å². The number of nitrogens with zero attached hydrogens (tertiary/aromatic N) is 1. The van der Waals surface area contributed by atoms with E-state index in [2.05, 4.69) is 26.0 Å². The Hall–Kier alpha value is -2.10. The first-order chi connectivity index (χ1) is 12.0. The van der Waals surface area contributed by atoms with Crippen molar-refractivity contribution in [1.82, 2.24) is 4.90 Å². The van der Waals surface area contributed by atoms with Crippen molar-refractivity contribution < 1.29 is 14.3 Å². The summed E-state index contributed by atoms with van der Waals surface area (Å²) in [4.78, 5) is 26.4. The van der Waals surface area contributed by atoms with Gasteiger partial charge in [0, 0.05) is 5.92 Å². The van der Waals surface area contributed by atoms with Gasteiger partial charge in [-0.25, -0.2) is 9.69 Å². The van der Waals surface area contributed by atoms with Crippen LogP contribution in [0, 0.1) is 11.8 Å². The molecule has 2 atom stereocenters. The molecule has 4 heteroatoms. The maximum Gasteiger partial charge on any atom is 0.416 e. The molecule has 0 aromatic heterocycles. The SMILES string of the molecule is CC[C@@H](C/C=C/CC(C)C)C(=O)N1C(=O)OC[C@H]1Cc1ccccc1. The molecule has 0 saturated carbocycles. The van der Waals surface area contributed by atoms with Gasteiger partial charge in [-0.3, -0.25) is 4.79 Å². The third kappa shape index (κ3) is 5.45. The van der Waals surface area contributed by atoms with Crippen molar-refractivity contribution in [2.24, 2.45) is 11.8 Å². The molecule has 0 N–H and O–H groups in total. The Morgan fingerprint density at radius 3 is 2.56 bits per heavy atom. The maximum atomic E-state index is 12.9. The van der Waals surface area contributed by atoms with Crippen LogP contribution in [0.2, 0.25) is 0 Å². The van der Waals surface area contributed by atoms with E-state index in [1.807, 2.05) is 37.3 Å². The molecule has 1 heterocycles. The molecular weight excluding hydrogens is 314 g/mol. The van der Waals surface area contributed by atoms with Gasteiger partial charge in [0.25, 0.3) is 0 Å². The summed E-state index contributed by atoms with van der Waals surface area (Å²) in [5.41, 5.74) is 1.11. The standard InChI is InChI=1S/C21H29NO3/c1-4-18(13-9-8-10-16(2)3)20(23)22-19(15-25-21(22)24)14-17-11-6-5-7-12-17/h5-9,11-12,16,18-19H,4,10,13-15H2,1-3H3/b9-8+/t18-,19+/m0/s1. The fourth-order valence-corrected chi connectivity index (χ4v) is 3.03. The Morgan fingerprint density at radius 2 is 1.92 bits per heavy atom. The molecule has 0 radical (unpaired) electrons. The van der Waals surface area contributed by atoms with Crippen LogP contribution in [0.25, 0.3) is 0 Å². The molecule has 25 heavy (non-hydrogen) atoms. The molecule has 0 spiro atoms. The van der Waals surface area contributed by atoms with Crippen LogP contribution >= 0.6 is 0 Å². The predicted molar refractivity (Wildman–Crippen MR) is 99.1 cm³/mol. The molecule has 1 aliphatic rings. The average Bonchev–Trinajstić information content (AvgIpc) is 2.95. The van der Waals surface area contributed by atoms with Crippen molar-refractivity contribution in [3.63, 3.8) is 0 Å². The Morgan fingerprint density at radius 1 is 1.24 bits per heavy atom. The van der Waals surface area contributed by atoms with Gasteiger partial charge in [-0.15, -0.1) is 0 Å². The molecule has 136 valence electrons. The summed E-state index contributed by atoms with van der Waals surface area (Å²) in [7, 11) is 0. The number of imide groups is 1. The van der Waals surface area contributed by atoms with E-state index in [4.69, 9.17) is 4.74 Å². The Kier molecular flexibility index (Phi) is 7.23. The van der Waals surface area contributed by atoms with Crippen LogP contribution in [-0.2, 0) is 16.0 Å². The zero-order valence-corrected chi connectivity index (χ0v) is 15.5. The number of benzene rings is 1. The summed E-state index contributed by atoms with van der Waals surface area (Å²) >= 11 is 0. The zero-order chi connectivity index (χ0) is 18.2. The second-order valence-corrected chi connectivity index (χ2v) is 7.07. The minimum absolute atomic E-state index is 0.111. The monoisotopic (exact) mass is 343 g/mol. The average molecular weight is 343 g/mol. The van der Waals surface area contributed by atoms with Crippen LogP contribution in [-0.4, -0.2) is 29.5 Å². The van der Waals surface area contributed by atoms with Gasteiger partial charge in [-0.1, -0.05) is 63.3 Å². The van der Waals surface area contributed by atoms with Crippen LogP contribution in [0.5, 0.6) is 0 Å². The fraction of sp³-hybridized carbons (Fsp3) is 0.524. The van der Waals surface area contributed by atoms with Crippen LogP contribution in [0.15, 0.2) is 42.5 Å². The highest BCUT2D eigenvalue weighted by atomic mass is 16.6. The topological polar surface area (TPSA) is 46.6 Å². The minimum atomic E-state index is -0.504. The Balaban J connectivity index is 2.02. The van der Waals surface area contributed by atoms with E-state index in [-0.39, 0.29) is 24.5 Å². The van der Waals surface area contributed by atoms with E-state index in [0.29, 0.717) is 25.2 Å². The highest BCUT2D eigenvalue weighted by molar-refractivity contribution is 5.94.